The number of anilines is 1. The van der Waals surface area contributed by atoms with Gasteiger partial charge < -0.3 is 5.32 Å². The average Bonchev–Trinajstić information content (AvgIpc) is 2.93. The molecule has 6 nitrogen and oxygen atoms in total. The average molecular weight is 454 g/mol. The van der Waals surface area contributed by atoms with E-state index in [0.29, 0.717) is 23.5 Å². The summed E-state index contributed by atoms with van der Waals surface area (Å²) in [6.45, 7) is 5.18. The molecule has 9 heteroatoms. The Balaban J connectivity index is 1.60. The summed E-state index contributed by atoms with van der Waals surface area (Å²) in [7, 11) is 0. The van der Waals surface area contributed by atoms with Gasteiger partial charge in [-0.1, -0.05) is 6.07 Å². The summed E-state index contributed by atoms with van der Waals surface area (Å²) in [4.78, 5) is 35.9. The number of nitrogens with one attached hydrogen (secondary N) is 1. The van der Waals surface area contributed by atoms with E-state index in [9.17, 15) is 22.8 Å². The molecule has 0 spiro atoms. The Morgan fingerprint density at radius 2 is 1.79 bits per heavy atom. The smallest absolute Gasteiger partial charge is 0.270 e. The lowest BCUT2D eigenvalue weighted by Crippen LogP contribution is -2.36. The number of benzene rings is 1. The fourth-order valence-corrected chi connectivity index (χ4v) is 3.85. The van der Waals surface area contributed by atoms with Crippen molar-refractivity contribution in [2.24, 2.45) is 0 Å². The van der Waals surface area contributed by atoms with Crippen LogP contribution in [-0.4, -0.2) is 21.8 Å². The first-order valence-electron chi connectivity index (χ1n) is 10.2. The molecule has 4 rings (SSSR count). The van der Waals surface area contributed by atoms with Gasteiger partial charge in [0, 0.05) is 41.7 Å². The zero-order valence-corrected chi connectivity index (χ0v) is 18.2. The third kappa shape index (κ3) is 4.18. The minimum Gasteiger partial charge on any atom is -0.346 e. The lowest BCUT2D eigenvalue weighted by molar-refractivity contribution is -0.122. The minimum atomic E-state index is -1.10. The molecule has 0 aliphatic carbocycles. The maximum absolute atomic E-state index is 13.9. The number of fused-ring (bicyclic) bond motifs is 1. The summed E-state index contributed by atoms with van der Waals surface area (Å²) >= 11 is 0. The van der Waals surface area contributed by atoms with Crippen LogP contribution in [0, 0.1) is 24.4 Å². The van der Waals surface area contributed by atoms with Crippen molar-refractivity contribution in [1.82, 2.24) is 15.3 Å². The summed E-state index contributed by atoms with van der Waals surface area (Å²) < 4.78 is 40.8. The van der Waals surface area contributed by atoms with E-state index in [4.69, 9.17) is 0 Å². The standard InChI is InChI=1S/C24H21F3N4O2/c1-13-8-14(6-7-28-13)12-31-21-17(24(2,3)23(31)33)4-5-20(30-21)22(32)29-11-16-18(26)9-15(25)10-19(16)27/h4-10H,11-12H2,1-3H3,(H,29,32). The van der Waals surface area contributed by atoms with Crippen molar-refractivity contribution in [3.8, 4) is 0 Å². The Bertz CT molecular complexity index is 1250. The topological polar surface area (TPSA) is 75.2 Å². The molecule has 3 heterocycles. The number of rotatable bonds is 5. The van der Waals surface area contributed by atoms with Gasteiger partial charge in [-0.3, -0.25) is 19.5 Å². The lowest BCUT2D eigenvalue weighted by atomic mass is 9.87. The van der Waals surface area contributed by atoms with Crippen molar-refractivity contribution >= 4 is 17.6 Å². The first-order valence-corrected chi connectivity index (χ1v) is 10.2. The fraction of sp³-hybridized carbons (Fsp3) is 0.250. The van der Waals surface area contributed by atoms with E-state index in [2.05, 4.69) is 15.3 Å². The van der Waals surface area contributed by atoms with E-state index in [0.717, 1.165) is 11.3 Å². The third-order valence-corrected chi connectivity index (χ3v) is 5.65. The highest BCUT2D eigenvalue weighted by atomic mass is 19.1. The Morgan fingerprint density at radius 3 is 2.45 bits per heavy atom. The van der Waals surface area contributed by atoms with E-state index in [1.807, 2.05) is 13.0 Å². The van der Waals surface area contributed by atoms with Crippen molar-refractivity contribution in [3.05, 3.63) is 88.1 Å². The van der Waals surface area contributed by atoms with Crippen molar-refractivity contribution < 1.29 is 22.8 Å². The second-order valence-corrected chi connectivity index (χ2v) is 8.42. The molecule has 0 bridgehead atoms. The molecule has 0 unspecified atom stereocenters. The molecule has 0 radical (unpaired) electrons. The molecule has 170 valence electrons. The molecule has 0 saturated carbocycles. The molecule has 1 aromatic carbocycles. The monoisotopic (exact) mass is 454 g/mol. The SMILES string of the molecule is Cc1cc(CN2C(=O)C(C)(C)c3ccc(C(=O)NCc4c(F)cc(F)cc4F)nc32)ccn1. The first kappa shape index (κ1) is 22.4. The van der Waals surface area contributed by atoms with Crippen LogP contribution in [0.4, 0.5) is 19.0 Å². The number of aryl methyl sites for hydroxylation is 1. The highest BCUT2D eigenvalue weighted by Crippen LogP contribution is 2.41. The van der Waals surface area contributed by atoms with E-state index in [1.165, 1.54) is 11.0 Å². The molecular formula is C24H21F3N4O2. The molecule has 1 aliphatic heterocycles. The van der Waals surface area contributed by atoms with Crippen LogP contribution in [0.15, 0.2) is 42.6 Å². The molecule has 1 aliphatic rings. The second-order valence-electron chi connectivity index (χ2n) is 8.42. The summed E-state index contributed by atoms with van der Waals surface area (Å²) in [5.41, 5.74) is 1.03. The van der Waals surface area contributed by atoms with Crippen LogP contribution in [0.3, 0.4) is 0 Å². The van der Waals surface area contributed by atoms with Gasteiger partial charge in [0.15, 0.2) is 0 Å². The van der Waals surface area contributed by atoms with Crippen LogP contribution in [0.25, 0.3) is 0 Å². The molecule has 3 aromatic rings. The van der Waals surface area contributed by atoms with Gasteiger partial charge in [0.1, 0.15) is 29.0 Å². The van der Waals surface area contributed by atoms with Gasteiger partial charge in [-0.05, 0) is 44.5 Å². The summed E-state index contributed by atoms with van der Waals surface area (Å²) in [5.74, 6) is -3.73. The molecule has 33 heavy (non-hydrogen) atoms. The van der Waals surface area contributed by atoms with Crippen LogP contribution in [0.2, 0.25) is 0 Å². The lowest BCUT2D eigenvalue weighted by Gasteiger charge is -2.20. The predicted molar refractivity (Wildman–Crippen MR) is 115 cm³/mol. The van der Waals surface area contributed by atoms with E-state index in [1.54, 1.807) is 32.2 Å². The number of hydrogen-bond donors (Lipinski definition) is 1. The second kappa shape index (κ2) is 8.31. The fourth-order valence-electron chi connectivity index (χ4n) is 3.85. The molecule has 2 aromatic heterocycles. The molecule has 0 saturated heterocycles. The minimum absolute atomic E-state index is 0.0157. The number of hydrogen-bond acceptors (Lipinski definition) is 4. The first-order chi connectivity index (χ1) is 15.6. The largest absolute Gasteiger partial charge is 0.346 e. The van der Waals surface area contributed by atoms with Crippen LogP contribution in [0.1, 0.15) is 46.7 Å². The normalized spacial score (nSPS) is 14.4. The van der Waals surface area contributed by atoms with Crippen molar-refractivity contribution in [2.75, 3.05) is 4.90 Å². The van der Waals surface area contributed by atoms with Crippen LogP contribution < -0.4 is 10.2 Å². The number of aromatic nitrogens is 2. The Labute approximate surface area is 188 Å². The van der Waals surface area contributed by atoms with Crippen LogP contribution >= 0.6 is 0 Å². The highest BCUT2D eigenvalue weighted by molar-refractivity contribution is 6.07. The molecule has 0 fully saturated rings. The number of carbonyl (C=O) groups excluding carboxylic acids is 2. The maximum Gasteiger partial charge on any atom is 0.270 e. The van der Waals surface area contributed by atoms with E-state index >= 15 is 0 Å². The van der Waals surface area contributed by atoms with Crippen molar-refractivity contribution in [3.63, 3.8) is 0 Å². The summed E-state index contributed by atoms with van der Waals surface area (Å²) in [6.07, 6.45) is 1.66. The number of pyridine rings is 2. The molecular weight excluding hydrogens is 433 g/mol. The van der Waals surface area contributed by atoms with Gasteiger partial charge in [-0.2, -0.15) is 0 Å². The van der Waals surface area contributed by atoms with Gasteiger partial charge in [-0.25, -0.2) is 18.2 Å². The molecule has 2 amide bonds. The number of carbonyl (C=O) groups is 2. The van der Waals surface area contributed by atoms with Gasteiger partial charge in [-0.15, -0.1) is 0 Å². The molecule has 1 N–H and O–H groups in total. The van der Waals surface area contributed by atoms with Crippen molar-refractivity contribution in [2.45, 2.75) is 39.3 Å². The Kier molecular flexibility index (Phi) is 5.65. The van der Waals surface area contributed by atoms with Gasteiger partial charge in [0.2, 0.25) is 5.91 Å². The van der Waals surface area contributed by atoms with Gasteiger partial charge in [0.05, 0.1) is 12.0 Å². The highest BCUT2D eigenvalue weighted by Gasteiger charge is 2.45. The third-order valence-electron chi connectivity index (χ3n) is 5.65. The quantitative estimate of drug-likeness (QED) is 0.634. The Hall–Kier alpha value is -3.75. The Morgan fingerprint density at radius 1 is 1.09 bits per heavy atom. The summed E-state index contributed by atoms with van der Waals surface area (Å²) in [5, 5.41) is 2.40. The number of nitrogens with zero attached hydrogens (tertiary/aromatic N) is 3. The zero-order valence-electron chi connectivity index (χ0n) is 18.2. The molecule has 0 atom stereocenters. The van der Waals surface area contributed by atoms with Crippen LogP contribution in [0.5, 0.6) is 0 Å². The number of amides is 2. The van der Waals surface area contributed by atoms with Gasteiger partial charge in [0.25, 0.3) is 5.91 Å². The number of halogens is 3. The van der Waals surface area contributed by atoms with Crippen molar-refractivity contribution in [1.29, 1.82) is 0 Å². The van der Waals surface area contributed by atoms with E-state index < -0.39 is 40.9 Å². The van der Waals surface area contributed by atoms with E-state index in [-0.39, 0.29) is 18.1 Å². The summed E-state index contributed by atoms with van der Waals surface area (Å²) in [6, 6.07) is 7.87. The predicted octanol–water partition coefficient (Wildman–Crippen LogP) is 3.96. The maximum atomic E-state index is 13.9. The van der Waals surface area contributed by atoms with Gasteiger partial charge >= 0.3 is 0 Å². The zero-order chi connectivity index (χ0) is 23.9. The van der Waals surface area contributed by atoms with Crippen LogP contribution in [-0.2, 0) is 23.3 Å².